The molecule has 3 heterocycles. The summed E-state index contributed by atoms with van der Waals surface area (Å²) in [5.74, 6) is -0.920. The van der Waals surface area contributed by atoms with Crippen LogP contribution in [0.1, 0.15) is 25.7 Å². The minimum atomic E-state index is -4.61. The zero-order valence-corrected chi connectivity index (χ0v) is 15.5. The summed E-state index contributed by atoms with van der Waals surface area (Å²) in [6.07, 6.45) is -1.56. The van der Waals surface area contributed by atoms with E-state index in [9.17, 15) is 27.6 Å². The summed E-state index contributed by atoms with van der Waals surface area (Å²) < 4.78 is 43.1. The molecular formula is C17H25F3N4O4. The van der Waals surface area contributed by atoms with Gasteiger partial charge in [0.05, 0.1) is 12.6 Å². The van der Waals surface area contributed by atoms with E-state index in [1.165, 1.54) is 4.90 Å². The number of likely N-dealkylation sites (tertiary alicyclic amines) is 1. The largest absolute Gasteiger partial charge is 0.406 e. The van der Waals surface area contributed by atoms with Gasteiger partial charge in [0.1, 0.15) is 13.1 Å². The summed E-state index contributed by atoms with van der Waals surface area (Å²) >= 11 is 0. The van der Waals surface area contributed by atoms with Gasteiger partial charge in [-0.15, -0.1) is 0 Å². The van der Waals surface area contributed by atoms with Gasteiger partial charge in [-0.25, -0.2) is 4.79 Å². The van der Waals surface area contributed by atoms with Crippen LogP contribution in [-0.4, -0.2) is 96.7 Å². The van der Waals surface area contributed by atoms with E-state index in [2.05, 4.69) is 5.32 Å². The van der Waals surface area contributed by atoms with Crippen molar-refractivity contribution in [3.05, 3.63) is 0 Å². The zero-order valence-electron chi connectivity index (χ0n) is 15.5. The Morgan fingerprint density at radius 2 is 1.89 bits per heavy atom. The summed E-state index contributed by atoms with van der Waals surface area (Å²) in [4.78, 5) is 39.5. The number of rotatable bonds is 6. The lowest BCUT2D eigenvalue weighted by atomic mass is 10.0. The number of urea groups is 1. The number of hydrogen-bond acceptors (Lipinski definition) is 5. The summed E-state index contributed by atoms with van der Waals surface area (Å²) in [7, 11) is 0. The molecule has 3 fully saturated rings. The van der Waals surface area contributed by atoms with Crippen LogP contribution in [0.2, 0.25) is 0 Å². The second-order valence-corrected chi connectivity index (χ2v) is 7.45. The first-order valence-corrected chi connectivity index (χ1v) is 9.51. The predicted octanol–water partition coefficient (Wildman–Crippen LogP) is 0.573. The molecule has 28 heavy (non-hydrogen) atoms. The highest BCUT2D eigenvalue weighted by Crippen LogP contribution is 2.25. The monoisotopic (exact) mass is 406 g/mol. The molecule has 158 valence electrons. The molecule has 8 nitrogen and oxygen atoms in total. The van der Waals surface area contributed by atoms with Crippen LogP contribution < -0.4 is 5.32 Å². The van der Waals surface area contributed by atoms with Gasteiger partial charge in [-0.1, -0.05) is 0 Å². The molecule has 0 saturated carbocycles. The lowest BCUT2D eigenvalue weighted by Gasteiger charge is -2.35. The molecule has 4 amide bonds. The molecule has 1 N–H and O–H groups in total. The SMILES string of the molecule is O=C(CN1CCC(N2CC(=O)N(CC(F)(F)F)C2=O)CC1)NCC1CCCO1. The normalized spacial score (nSPS) is 25.0. The Bertz CT molecular complexity index is 602. The molecule has 1 unspecified atom stereocenters. The quantitative estimate of drug-likeness (QED) is 0.653. The second kappa shape index (κ2) is 8.64. The molecule has 1 atom stereocenters. The first-order valence-electron chi connectivity index (χ1n) is 9.51. The van der Waals surface area contributed by atoms with Crippen molar-refractivity contribution in [2.75, 3.05) is 45.9 Å². The van der Waals surface area contributed by atoms with Crippen molar-refractivity contribution in [3.63, 3.8) is 0 Å². The van der Waals surface area contributed by atoms with Crippen LogP contribution in [0.5, 0.6) is 0 Å². The van der Waals surface area contributed by atoms with Gasteiger partial charge in [0.2, 0.25) is 5.91 Å². The highest BCUT2D eigenvalue weighted by atomic mass is 19.4. The van der Waals surface area contributed by atoms with Crippen LogP contribution in [0.3, 0.4) is 0 Å². The van der Waals surface area contributed by atoms with Crippen LogP contribution >= 0.6 is 0 Å². The average Bonchev–Trinajstić information content (AvgIpc) is 3.24. The molecule has 3 saturated heterocycles. The number of carbonyl (C=O) groups excluding carboxylic acids is 3. The maximum atomic E-state index is 12.5. The third-order valence-electron chi connectivity index (χ3n) is 5.34. The lowest BCUT2D eigenvalue weighted by molar-refractivity contribution is -0.151. The van der Waals surface area contributed by atoms with Crippen LogP contribution in [0.25, 0.3) is 0 Å². The number of carbonyl (C=O) groups is 3. The first kappa shape index (κ1) is 20.8. The Balaban J connectivity index is 1.41. The van der Waals surface area contributed by atoms with E-state index in [1.807, 2.05) is 4.90 Å². The Morgan fingerprint density at radius 1 is 1.18 bits per heavy atom. The van der Waals surface area contributed by atoms with E-state index >= 15 is 0 Å². The number of imide groups is 1. The Kier molecular flexibility index (Phi) is 6.43. The number of alkyl halides is 3. The van der Waals surface area contributed by atoms with E-state index < -0.39 is 24.7 Å². The number of hydrogen-bond donors (Lipinski definition) is 1. The lowest BCUT2D eigenvalue weighted by Crippen LogP contribution is -2.49. The summed E-state index contributed by atoms with van der Waals surface area (Å²) in [5, 5.41) is 2.85. The number of nitrogens with one attached hydrogen (secondary N) is 1. The Hall–Kier alpha value is -1.88. The summed E-state index contributed by atoms with van der Waals surface area (Å²) in [6.45, 7) is 0.657. The van der Waals surface area contributed by atoms with Crippen molar-refractivity contribution in [2.45, 2.75) is 44.0 Å². The smallest absolute Gasteiger partial charge is 0.376 e. The Labute approximate surface area is 160 Å². The molecule has 0 aromatic heterocycles. The van der Waals surface area contributed by atoms with E-state index in [1.54, 1.807) is 0 Å². The number of nitrogens with zero attached hydrogens (tertiary/aromatic N) is 3. The fraction of sp³-hybridized carbons (Fsp3) is 0.824. The van der Waals surface area contributed by atoms with Crippen LogP contribution in [0.15, 0.2) is 0 Å². The molecule has 0 bridgehead atoms. The van der Waals surface area contributed by atoms with Gasteiger partial charge in [-0.05, 0) is 25.7 Å². The molecule has 0 aromatic carbocycles. The zero-order chi connectivity index (χ0) is 20.3. The first-order chi connectivity index (χ1) is 13.2. The van der Waals surface area contributed by atoms with Crippen molar-refractivity contribution >= 4 is 17.8 Å². The van der Waals surface area contributed by atoms with Gasteiger partial charge >= 0.3 is 12.2 Å². The van der Waals surface area contributed by atoms with Gasteiger partial charge in [-0.2, -0.15) is 13.2 Å². The second-order valence-electron chi connectivity index (χ2n) is 7.45. The fourth-order valence-electron chi connectivity index (χ4n) is 3.86. The topological polar surface area (TPSA) is 82.2 Å². The van der Waals surface area contributed by atoms with E-state index in [-0.39, 0.29) is 36.0 Å². The number of piperidine rings is 1. The van der Waals surface area contributed by atoms with Crippen LogP contribution in [0, 0.1) is 0 Å². The highest BCUT2D eigenvalue weighted by molar-refractivity contribution is 6.02. The highest BCUT2D eigenvalue weighted by Gasteiger charge is 2.45. The molecule has 11 heteroatoms. The molecule has 0 radical (unpaired) electrons. The minimum Gasteiger partial charge on any atom is -0.376 e. The molecule has 0 aliphatic carbocycles. The Morgan fingerprint density at radius 3 is 2.50 bits per heavy atom. The third-order valence-corrected chi connectivity index (χ3v) is 5.34. The number of halogens is 3. The van der Waals surface area contributed by atoms with Gasteiger partial charge in [0.15, 0.2) is 0 Å². The molecular weight excluding hydrogens is 381 g/mol. The standard InChI is InChI=1S/C17H25F3N4O4/c18-17(19,20)11-24-15(26)10-23(16(24)27)12-3-5-22(6-4-12)9-14(25)21-8-13-2-1-7-28-13/h12-13H,1-11H2,(H,21,25). The van der Waals surface area contributed by atoms with E-state index in [0.717, 1.165) is 19.4 Å². The molecule has 3 rings (SSSR count). The molecule has 0 aromatic rings. The van der Waals surface area contributed by atoms with Crippen molar-refractivity contribution < 1.29 is 32.3 Å². The van der Waals surface area contributed by atoms with Crippen LogP contribution in [-0.2, 0) is 14.3 Å². The predicted molar refractivity (Wildman–Crippen MR) is 91.3 cm³/mol. The van der Waals surface area contributed by atoms with E-state index in [0.29, 0.717) is 32.5 Å². The molecule has 3 aliphatic rings. The third kappa shape index (κ3) is 5.34. The van der Waals surface area contributed by atoms with Crippen molar-refractivity contribution in [2.24, 2.45) is 0 Å². The van der Waals surface area contributed by atoms with Gasteiger partial charge in [-0.3, -0.25) is 19.4 Å². The summed E-state index contributed by atoms with van der Waals surface area (Å²) in [6, 6.07) is -1.17. The molecule has 3 aliphatic heterocycles. The van der Waals surface area contributed by atoms with Gasteiger partial charge in [0, 0.05) is 32.3 Å². The summed E-state index contributed by atoms with van der Waals surface area (Å²) in [5.41, 5.74) is 0. The van der Waals surface area contributed by atoms with E-state index in [4.69, 9.17) is 4.74 Å². The van der Waals surface area contributed by atoms with Crippen LogP contribution in [0.4, 0.5) is 18.0 Å². The maximum Gasteiger partial charge on any atom is 0.406 e. The van der Waals surface area contributed by atoms with Crippen molar-refractivity contribution in [1.82, 2.24) is 20.0 Å². The number of amides is 4. The molecule has 0 spiro atoms. The van der Waals surface area contributed by atoms with Gasteiger partial charge in [0.25, 0.3) is 5.91 Å². The van der Waals surface area contributed by atoms with Crippen molar-refractivity contribution in [3.8, 4) is 0 Å². The maximum absolute atomic E-state index is 12.5. The van der Waals surface area contributed by atoms with Gasteiger partial charge < -0.3 is 15.0 Å². The minimum absolute atomic E-state index is 0.0769. The fourth-order valence-corrected chi connectivity index (χ4v) is 3.86. The average molecular weight is 406 g/mol. The number of ether oxygens (including phenoxy) is 1. The van der Waals surface area contributed by atoms with Crippen molar-refractivity contribution in [1.29, 1.82) is 0 Å².